The molecular formula is C11H12ClN5. The molecule has 1 heterocycles. The molecule has 0 radical (unpaired) electrons. The second-order valence-corrected chi connectivity index (χ2v) is 3.76. The van der Waals surface area contributed by atoms with Gasteiger partial charge in [0.15, 0.2) is 0 Å². The van der Waals surface area contributed by atoms with Crippen molar-refractivity contribution in [2.75, 3.05) is 11.1 Å². The first-order valence-electron chi connectivity index (χ1n) is 5.21. The van der Waals surface area contributed by atoms with Crippen LogP contribution in [0.25, 0.3) is 0 Å². The van der Waals surface area contributed by atoms with Crippen LogP contribution in [0.3, 0.4) is 0 Å². The van der Waals surface area contributed by atoms with E-state index in [9.17, 15) is 0 Å². The lowest BCUT2D eigenvalue weighted by molar-refractivity contribution is 1.06. The molecule has 0 atom stereocenters. The lowest BCUT2D eigenvalue weighted by atomic mass is 10.1. The molecule has 0 saturated carbocycles. The Labute approximate surface area is 104 Å². The molecule has 17 heavy (non-hydrogen) atoms. The number of hydrogen-bond acceptors (Lipinski definition) is 5. The van der Waals surface area contributed by atoms with Crippen molar-refractivity contribution in [2.24, 2.45) is 0 Å². The van der Waals surface area contributed by atoms with Gasteiger partial charge < -0.3 is 11.1 Å². The molecule has 1 aromatic carbocycles. The molecule has 3 N–H and O–H groups in total. The zero-order valence-corrected chi connectivity index (χ0v) is 10.1. The second kappa shape index (κ2) is 4.97. The van der Waals surface area contributed by atoms with Gasteiger partial charge in [-0.25, -0.2) is 0 Å². The fourth-order valence-electron chi connectivity index (χ4n) is 1.49. The summed E-state index contributed by atoms with van der Waals surface area (Å²) in [5.41, 5.74) is 7.61. The first kappa shape index (κ1) is 11.6. The standard InChI is InChI=1S/C11H12ClN5/c1-2-7-5-3-4-6-8(7)14-11-16-9(12)15-10(13)17-11/h3-6H,2H2,1H3,(H3,13,14,15,16,17). The number of halogens is 1. The van der Waals surface area contributed by atoms with Gasteiger partial charge in [0, 0.05) is 5.69 Å². The normalized spacial score (nSPS) is 10.2. The maximum absolute atomic E-state index is 5.71. The molecule has 0 saturated heterocycles. The molecule has 2 aromatic rings. The third kappa shape index (κ3) is 2.82. The van der Waals surface area contributed by atoms with Crippen LogP contribution in [0.5, 0.6) is 0 Å². The van der Waals surface area contributed by atoms with Crippen LogP contribution in [0.4, 0.5) is 17.6 Å². The highest BCUT2D eigenvalue weighted by Gasteiger charge is 2.05. The molecule has 1 aromatic heterocycles. The summed E-state index contributed by atoms with van der Waals surface area (Å²) in [4.78, 5) is 11.6. The third-order valence-electron chi connectivity index (χ3n) is 2.27. The topological polar surface area (TPSA) is 76.7 Å². The van der Waals surface area contributed by atoms with Crippen molar-refractivity contribution >= 4 is 29.2 Å². The molecule has 0 fully saturated rings. The van der Waals surface area contributed by atoms with Crippen molar-refractivity contribution in [1.82, 2.24) is 15.0 Å². The predicted molar refractivity (Wildman–Crippen MR) is 68.4 cm³/mol. The first-order valence-corrected chi connectivity index (χ1v) is 5.59. The zero-order valence-electron chi connectivity index (χ0n) is 9.31. The summed E-state index contributed by atoms with van der Waals surface area (Å²) in [6.45, 7) is 2.08. The average molecular weight is 250 g/mol. The van der Waals surface area contributed by atoms with Gasteiger partial charge in [0.05, 0.1) is 0 Å². The van der Waals surface area contributed by atoms with Crippen LogP contribution < -0.4 is 11.1 Å². The first-order chi connectivity index (χ1) is 8.19. The van der Waals surface area contributed by atoms with Crippen molar-refractivity contribution in [3.8, 4) is 0 Å². The number of aromatic nitrogens is 3. The Morgan fingerprint density at radius 3 is 2.71 bits per heavy atom. The van der Waals surface area contributed by atoms with Gasteiger partial charge in [-0.3, -0.25) is 0 Å². The summed E-state index contributed by atoms with van der Waals surface area (Å²) in [7, 11) is 0. The number of nitrogens with two attached hydrogens (primary N) is 1. The second-order valence-electron chi connectivity index (χ2n) is 3.42. The van der Waals surface area contributed by atoms with Gasteiger partial charge in [0.25, 0.3) is 0 Å². The molecule has 0 amide bonds. The fourth-order valence-corrected chi connectivity index (χ4v) is 1.66. The molecule has 0 bridgehead atoms. The number of para-hydroxylation sites is 1. The smallest absolute Gasteiger partial charge is 0.233 e. The number of anilines is 3. The van der Waals surface area contributed by atoms with Crippen LogP contribution in [-0.2, 0) is 6.42 Å². The van der Waals surface area contributed by atoms with Crippen LogP contribution in [-0.4, -0.2) is 15.0 Å². The highest BCUT2D eigenvalue weighted by atomic mass is 35.5. The maximum Gasteiger partial charge on any atom is 0.233 e. The highest BCUT2D eigenvalue weighted by Crippen LogP contribution is 2.19. The van der Waals surface area contributed by atoms with Gasteiger partial charge in [-0.1, -0.05) is 25.1 Å². The van der Waals surface area contributed by atoms with Crippen molar-refractivity contribution in [1.29, 1.82) is 0 Å². The summed E-state index contributed by atoms with van der Waals surface area (Å²) < 4.78 is 0. The summed E-state index contributed by atoms with van der Waals surface area (Å²) in [5.74, 6) is 0.449. The minimum Gasteiger partial charge on any atom is -0.368 e. The van der Waals surface area contributed by atoms with Gasteiger partial charge in [-0.05, 0) is 29.7 Å². The molecule has 0 unspecified atom stereocenters. The van der Waals surface area contributed by atoms with Crippen LogP contribution in [0.2, 0.25) is 5.28 Å². The largest absolute Gasteiger partial charge is 0.368 e. The lowest BCUT2D eigenvalue weighted by Gasteiger charge is -2.09. The van der Waals surface area contributed by atoms with Crippen molar-refractivity contribution < 1.29 is 0 Å². The van der Waals surface area contributed by atoms with Crippen LogP contribution in [0.1, 0.15) is 12.5 Å². The number of benzene rings is 1. The minimum atomic E-state index is 0.0778. The Kier molecular flexibility index (Phi) is 3.39. The monoisotopic (exact) mass is 249 g/mol. The number of aryl methyl sites for hydroxylation is 1. The van der Waals surface area contributed by atoms with Gasteiger partial charge in [-0.2, -0.15) is 15.0 Å². The van der Waals surface area contributed by atoms with E-state index in [1.807, 2.05) is 24.3 Å². The van der Waals surface area contributed by atoms with E-state index in [2.05, 4.69) is 27.2 Å². The van der Waals surface area contributed by atoms with E-state index in [4.69, 9.17) is 17.3 Å². The van der Waals surface area contributed by atoms with Gasteiger partial charge in [-0.15, -0.1) is 0 Å². The van der Waals surface area contributed by atoms with Crippen molar-refractivity contribution in [3.63, 3.8) is 0 Å². The van der Waals surface area contributed by atoms with Gasteiger partial charge >= 0.3 is 0 Å². The van der Waals surface area contributed by atoms with Crippen LogP contribution >= 0.6 is 11.6 Å². The SMILES string of the molecule is CCc1ccccc1Nc1nc(N)nc(Cl)n1. The maximum atomic E-state index is 5.71. The quantitative estimate of drug-likeness (QED) is 0.874. The number of nitrogens with zero attached hydrogens (tertiary/aromatic N) is 3. The lowest BCUT2D eigenvalue weighted by Crippen LogP contribution is -2.04. The molecule has 88 valence electrons. The summed E-state index contributed by atoms with van der Waals surface area (Å²) >= 11 is 5.71. The number of rotatable bonds is 3. The Morgan fingerprint density at radius 1 is 1.24 bits per heavy atom. The fraction of sp³-hybridized carbons (Fsp3) is 0.182. The van der Waals surface area contributed by atoms with E-state index >= 15 is 0 Å². The van der Waals surface area contributed by atoms with E-state index in [1.165, 1.54) is 5.56 Å². The van der Waals surface area contributed by atoms with E-state index in [0.717, 1.165) is 12.1 Å². The molecule has 0 aliphatic heterocycles. The average Bonchev–Trinajstić information content (AvgIpc) is 2.28. The Balaban J connectivity index is 2.31. The predicted octanol–water partition coefficient (Wildman–Crippen LogP) is 2.41. The zero-order chi connectivity index (χ0) is 12.3. The Bertz CT molecular complexity index is 509. The van der Waals surface area contributed by atoms with Crippen LogP contribution in [0.15, 0.2) is 24.3 Å². The van der Waals surface area contributed by atoms with E-state index in [-0.39, 0.29) is 11.2 Å². The van der Waals surface area contributed by atoms with Crippen molar-refractivity contribution in [2.45, 2.75) is 13.3 Å². The summed E-state index contributed by atoms with van der Waals surface area (Å²) in [6, 6.07) is 7.91. The van der Waals surface area contributed by atoms with E-state index < -0.39 is 0 Å². The highest BCUT2D eigenvalue weighted by molar-refractivity contribution is 6.28. The summed E-state index contributed by atoms with van der Waals surface area (Å²) in [5, 5.41) is 3.16. The molecule has 0 aliphatic carbocycles. The van der Waals surface area contributed by atoms with Crippen LogP contribution in [0, 0.1) is 0 Å². The molecule has 5 nitrogen and oxygen atoms in total. The van der Waals surface area contributed by atoms with E-state index in [0.29, 0.717) is 5.95 Å². The molecule has 0 aliphatic rings. The Hall–Kier alpha value is -1.88. The van der Waals surface area contributed by atoms with E-state index in [1.54, 1.807) is 0 Å². The minimum absolute atomic E-state index is 0.0778. The number of nitrogen functional groups attached to an aromatic ring is 1. The number of hydrogen-bond donors (Lipinski definition) is 2. The molecule has 0 spiro atoms. The van der Waals surface area contributed by atoms with Crippen molar-refractivity contribution in [3.05, 3.63) is 35.1 Å². The third-order valence-corrected chi connectivity index (χ3v) is 2.44. The molecule has 6 heteroatoms. The molecule has 2 rings (SSSR count). The number of nitrogens with one attached hydrogen (secondary N) is 1. The summed E-state index contributed by atoms with van der Waals surface area (Å²) in [6.07, 6.45) is 0.914. The molecular weight excluding hydrogens is 238 g/mol. The van der Waals surface area contributed by atoms with Gasteiger partial charge in [0.2, 0.25) is 17.2 Å². The van der Waals surface area contributed by atoms with Gasteiger partial charge in [0.1, 0.15) is 0 Å². The Morgan fingerprint density at radius 2 is 2.00 bits per heavy atom.